The van der Waals surface area contributed by atoms with Gasteiger partial charge in [-0.3, -0.25) is 9.78 Å². The number of furan rings is 1. The molecular weight excluding hydrogens is 352 g/mol. The van der Waals surface area contributed by atoms with Gasteiger partial charge in [0.1, 0.15) is 11.4 Å². The summed E-state index contributed by atoms with van der Waals surface area (Å²) < 4.78 is 7.14. The second-order valence-corrected chi connectivity index (χ2v) is 6.64. The van der Waals surface area contributed by atoms with Crippen LogP contribution in [-0.4, -0.2) is 20.7 Å². The van der Waals surface area contributed by atoms with E-state index in [1.807, 2.05) is 44.2 Å². The van der Waals surface area contributed by atoms with Gasteiger partial charge in [-0.15, -0.1) is 0 Å². The molecule has 0 saturated carbocycles. The Kier molecular flexibility index (Phi) is 4.76. The van der Waals surface area contributed by atoms with E-state index in [-0.39, 0.29) is 5.91 Å². The summed E-state index contributed by atoms with van der Waals surface area (Å²) in [6.45, 7) is 4.43. The largest absolute Gasteiger partial charge is 0.463 e. The quantitative estimate of drug-likeness (QED) is 0.573. The maximum atomic E-state index is 13.0. The molecule has 0 unspecified atom stereocenters. The van der Waals surface area contributed by atoms with Crippen molar-refractivity contribution >= 4 is 5.91 Å². The highest BCUT2D eigenvalue weighted by Gasteiger charge is 2.19. The van der Waals surface area contributed by atoms with Crippen molar-refractivity contribution in [2.75, 3.05) is 0 Å². The molecule has 4 aromatic rings. The van der Waals surface area contributed by atoms with Crippen molar-refractivity contribution in [1.29, 1.82) is 0 Å². The zero-order valence-corrected chi connectivity index (χ0v) is 15.7. The van der Waals surface area contributed by atoms with Crippen LogP contribution in [0.3, 0.4) is 0 Å². The summed E-state index contributed by atoms with van der Waals surface area (Å²) in [6.07, 6.45) is 5.03. The molecule has 1 amide bonds. The van der Waals surface area contributed by atoms with Gasteiger partial charge in [0.15, 0.2) is 5.76 Å². The number of amides is 1. The van der Waals surface area contributed by atoms with Crippen molar-refractivity contribution in [3.05, 3.63) is 89.6 Å². The van der Waals surface area contributed by atoms with E-state index in [1.54, 1.807) is 35.5 Å². The first-order valence-electron chi connectivity index (χ1n) is 9.00. The number of carbonyl (C=O) groups excluding carboxylic acids is 1. The maximum Gasteiger partial charge on any atom is 0.270 e. The fourth-order valence-corrected chi connectivity index (χ4v) is 3.09. The Morgan fingerprint density at radius 1 is 1.14 bits per heavy atom. The number of benzene rings is 1. The lowest BCUT2D eigenvalue weighted by molar-refractivity contribution is 0.0943. The average Bonchev–Trinajstić information content (AvgIpc) is 3.37. The SMILES string of the molecule is Cc1ccc(-n2nc(-c3ccco3)cc2C(=O)NCc2cccnc2)c(C)c1. The van der Waals surface area contributed by atoms with Crippen LogP contribution < -0.4 is 5.32 Å². The Morgan fingerprint density at radius 2 is 2.04 bits per heavy atom. The van der Waals surface area contributed by atoms with Gasteiger partial charge in [0, 0.05) is 25.0 Å². The Morgan fingerprint density at radius 3 is 2.75 bits per heavy atom. The molecule has 28 heavy (non-hydrogen) atoms. The molecule has 0 aliphatic rings. The van der Waals surface area contributed by atoms with Crippen LogP contribution >= 0.6 is 0 Å². The van der Waals surface area contributed by atoms with Gasteiger partial charge in [-0.05, 0) is 49.2 Å². The van der Waals surface area contributed by atoms with Crippen molar-refractivity contribution < 1.29 is 9.21 Å². The first-order chi connectivity index (χ1) is 13.6. The highest BCUT2D eigenvalue weighted by molar-refractivity contribution is 5.94. The van der Waals surface area contributed by atoms with E-state index >= 15 is 0 Å². The number of hydrogen-bond acceptors (Lipinski definition) is 4. The number of rotatable bonds is 5. The molecule has 0 bridgehead atoms. The van der Waals surface area contributed by atoms with Crippen LogP contribution in [0.5, 0.6) is 0 Å². The molecular formula is C22H20N4O2. The monoisotopic (exact) mass is 372 g/mol. The molecule has 3 heterocycles. The first kappa shape index (κ1) is 17.7. The van der Waals surface area contributed by atoms with E-state index in [0.29, 0.717) is 23.7 Å². The van der Waals surface area contributed by atoms with Gasteiger partial charge in [-0.2, -0.15) is 5.10 Å². The minimum Gasteiger partial charge on any atom is -0.463 e. The minimum absolute atomic E-state index is 0.214. The van der Waals surface area contributed by atoms with Gasteiger partial charge in [0.05, 0.1) is 12.0 Å². The zero-order valence-electron chi connectivity index (χ0n) is 15.7. The van der Waals surface area contributed by atoms with Crippen LogP contribution in [0, 0.1) is 13.8 Å². The molecule has 1 aromatic carbocycles. The zero-order chi connectivity index (χ0) is 19.5. The molecule has 6 heteroatoms. The molecule has 140 valence electrons. The Labute approximate surface area is 162 Å². The van der Waals surface area contributed by atoms with Crippen LogP contribution in [0.2, 0.25) is 0 Å². The lowest BCUT2D eigenvalue weighted by atomic mass is 10.1. The van der Waals surface area contributed by atoms with Crippen LogP contribution in [0.4, 0.5) is 0 Å². The summed E-state index contributed by atoms with van der Waals surface area (Å²) >= 11 is 0. The van der Waals surface area contributed by atoms with E-state index in [0.717, 1.165) is 22.4 Å². The Balaban J connectivity index is 1.71. The van der Waals surface area contributed by atoms with E-state index in [1.165, 1.54) is 0 Å². The van der Waals surface area contributed by atoms with Crippen molar-refractivity contribution in [1.82, 2.24) is 20.1 Å². The summed E-state index contributed by atoms with van der Waals surface area (Å²) in [4.78, 5) is 17.0. The number of pyridine rings is 1. The third-order valence-corrected chi connectivity index (χ3v) is 4.47. The molecule has 0 aliphatic heterocycles. The van der Waals surface area contributed by atoms with E-state index < -0.39 is 0 Å². The molecule has 0 radical (unpaired) electrons. The van der Waals surface area contributed by atoms with Crippen molar-refractivity contribution in [2.24, 2.45) is 0 Å². The second kappa shape index (κ2) is 7.52. The summed E-state index contributed by atoms with van der Waals surface area (Å²) in [7, 11) is 0. The fraction of sp³-hybridized carbons (Fsp3) is 0.136. The first-order valence-corrected chi connectivity index (χ1v) is 9.00. The summed E-state index contributed by atoms with van der Waals surface area (Å²) in [5, 5.41) is 7.58. The summed E-state index contributed by atoms with van der Waals surface area (Å²) in [5.74, 6) is 0.402. The number of aromatic nitrogens is 3. The van der Waals surface area contributed by atoms with Gasteiger partial charge in [-0.1, -0.05) is 23.8 Å². The number of hydrogen-bond donors (Lipinski definition) is 1. The van der Waals surface area contributed by atoms with E-state index in [9.17, 15) is 4.79 Å². The van der Waals surface area contributed by atoms with Crippen LogP contribution in [0.15, 0.2) is 71.6 Å². The molecule has 4 rings (SSSR count). The van der Waals surface area contributed by atoms with E-state index in [4.69, 9.17) is 4.42 Å². The minimum atomic E-state index is -0.214. The van der Waals surface area contributed by atoms with Crippen LogP contribution in [-0.2, 0) is 6.54 Å². The molecule has 0 atom stereocenters. The predicted octanol–water partition coefficient (Wildman–Crippen LogP) is 4.07. The number of nitrogens with zero attached hydrogens (tertiary/aromatic N) is 3. The molecule has 0 aliphatic carbocycles. The van der Waals surface area contributed by atoms with Gasteiger partial charge in [-0.25, -0.2) is 4.68 Å². The molecule has 3 aromatic heterocycles. The Hall–Kier alpha value is -3.67. The smallest absolute Gasteiger partial charge is 0.270 e. The van der Waals surface area contributed by atoms with Gasteiger partial charge < -0.3 is 9.73 Å². The lowest BCUT2D eigenvalue weighted by Gasteiger charge is -2.11. The van der Waals surface area contributed by atoms with Crippen LogP contribution in [0.1, 0.15) is 27.2 Å². The fourth-order valence-electron chi connectivity index (χ4n) is 3.09. The van der Waals surface area contributed by atoms with Gasteiger partial charge in [0.25, 0.3) is 5.91 Å². The lowest BCUT2D eigenvalue weighted by Crippen LogP contribution is -2.25. The number of nitrogens with one attached hydrogen (secondary N) is 1. The number of carbonyl (C=O) groups is 1. The summed E-state index contributed by atoms with van der Waals surface area (Å²) in [6, 6.07) is 15.2. The average molecular weight is 372 g/mol. The molecule has 0 saturated heterocycles. The maximum absolute atomic E-state index is 13.0. The van der Waals surface area contributed by atoms with Gasteiger partial charge >= 0.3 is 0 Å². The standard InChI is InChI=1S/C22H20N4O2/c1-15-7-8-19(16(2)11-15)26-20(12-18(25-26)21-6-4-10-28-21)22(27)24-14-17-5-3-9-23-13-17/h3-13H,14H2,1-2H3,(H,24,27). The second-order valence-electron chi connectivity index (χ2n) is 6.64. The van der Waals surface area contributed by atoms with Crippen molar-refractivity contribution in [3.8, 4) is 17.1 Å². The molecule has 1 N–H and O–H groups in total. The molecule has 6 nitrogen and oxygen atoms in total. The number of aryl methyl sites for hydroxylation is 2. The normalized spacial score (nSPS) is 10.8. The third-order valence-electron chi connectivity index (χ3n) is 4.47. The predicted molar refractivity (Wildman–Crippen MR) is 106 cm³/mol. The summed E-state index contributed by atoms with van der Waals surface area (Å²) in [5.41, 5.74) is 5.03. The topological polar surface area (TPSA) is 73.0 Å². The van der Waals surface area contributed by atoms with Crippen molar-refractivity contribution in [2.45, 2.75) is 20.4 Å². The highest BCUT2D eigenvalue weighted by Crippen LogP contribution is 2.24. The van der Waals surface area contributed by atoms with E-state index in [2.05, 4.69) is 21.5 Å². The van der Waals surface area contributed by atoms with Crippen LogP contribution in [0.25, 0.3) is 17.1 Å². The molecule has 0 spiro atoms. The van der Waals surface area contributed by atoms with Crippen molar-refractivity contribution in [3.63, 3.8) is 0 Å². The Bertz CT molecular complexity index is 1100. The highest BCUT2D eigenvalue weighted by atomic mass is 16.3. The molecule has 0 fully saturated rings. The third kappa shape index (κ3) is 3.57. The van der Waals surface area contributed by atoms with Gasteiger partial charge in [0.2, 0.25) is 0 Å².